The summed E-state index contributed by atoms with van der Waals surface area (Å²) in [7, 11) is 3.28. The fraction of sp³-hybridized carbons (Fsp3) is 0.550. The summed E-state index contributed by atoms with van der Waals surface area (Å²) < 4.78 is 16.1. The molecule has 1 fully saturated rings. The molecule has 1 aromatic heterocycles. The summed E-state index contributed by atoms with van der Waals surface area (Å²) in [4.78, 5) is 19.1. The number of rotatable bonds is 7. The number of aryl methyl sites for hydroxylation is 1. The van der Waals surface area contributed by atoms with E-state index in [1.165, 1.54) is 0 Å². The zero-order chi connectivity index (χ0) is 19.4. The summed E-state index contributed by atoms with van der Waals surface area (Å²) in [5.74, 6) is 3.03. The molecule has 1 amide bonds. The molecule has 0 N–H and O–H groups in total. The van der Waals surface area contributed by atoms with Gasteiger partial charge in [0.15, 0.2) is 5.82 Å². The zero-order valence-electron chi connectivity index (χ0n) is 16.4. The van der Waals surface area contributed by atoms with E-state index in [4.69, 9.17) is 14.0 Å². The molecule has 1 saturated heterocycles. The second-order valence-electron chi connectivity index (χ2n) is 7.05. The summed E-state index contributed by atoms with van der Waals surface area (Å²) >= 11 is 0. The standard InChI is InChI=1S/C20H27N3O4/c1-13(2)20-21-18(27-22-20)9-10-19(24)23-11-5-6-16(23)15-12-14(25-3)7-8-17(15)26-4/h7-8,12-13,16H,5-6,9-11H2,1-4H3. The van der Waals surface area contributed by atoms with E-state index < -0.39 is 0 Å². The summed E-state index contributed by atoms with van der Waals surface area (Å²) in [6.45, 7) is 4.76. The Balaban J connectivity index is 1.71. The van der Waals surface area contributed by atoms with E-state index in [2.05, 4.69) is 10.1 Å². The molecule has 0 aliphatic carbocycles. The number of amides is 1. The summed E-state index contributed by atoms with van der Waals surface area (Å²) in [5, 5.41) is 3.95. The monoisotopic (exact) mass is 373 g/mol. The first-order valence-corrected chi connectivity index (χ1v) is 9.37. The van der Waals surface area contributed by atoms with E-state index in [1.807, 2.05) is 36.9 Å². The Morgan fingerprint density at radius 2 is 2.15 bits per heavy atom. The zero-order valence-corrected chi connectivity index (χ0v) is 16.4. The number of nitrogens with zero attached hydrogens (tertiary/aromatic N) is 3. The van der Waals surface area contributed by atoms with Crippen LogP contribution in [0.4, 0.5) is 0 Å². The molecule has 1 aliphatic rings. The molecule has 0 bridgehead atoms. The number of ether oxygens (including phenoxy) is 2. The van der Waals surface area contributed by atoms with E-state index >= 15 is 0 Å². The third-order valence-corrected chi connectivity index (χ3v) is 4.92. The van der Waals surface area contributed by atoms with E-state index in [0.717, 1.165) is 36.4 Å². The van der Waals surface area contributed by atoms with Gasteiger partial charge in [0.2, 0.25) is 11.8 Å². The van der Waals surface area contributed by atoms with Crippen LogP contribution in [0.2, 0.25) is 0 Å². The third-order valence-electron chi connectivity index (χ3n) is 4.92. The minimum absolute atomic E-state index is 0.00328. The second-order valence-corrected chi connectivity index (χ2v) is 7.05. The molecular formula is C20H27N3O4. The molecule has 3 rings (SSSR count). The fourth-order valence-corrected chi connectivity index (χ4v) is 3.45. The molecule has 27 heavy (non-hydrogen) atoms. The van der Waals surface area contributed by atoms with Crippen molar-refractivity contribution in [3.05, 3.63) is 35.5 Å². The number of hydrogen-bond acceptors (Lipinski definition) is 6. The lowest BCUT2D eigenvalue weighted by molar-refractivity contribution is -0.132. The van der Waals surface area contributed by atoms with Crippen molar-refractivity contribution in [3.8, 4) is 11.5 Å². The molecule has 0 radical (unpaired) electrons. The van der Waals surface area contributed by atoms with Gasteiger partial charge in [-0.2, -0.15) is 4.98 Å². The molecule has 1 aliphatic heterocycles. The summed E-state index contributed by atoms with van der Waals surface area (Å²) in [6.07, 6.45) is 2.68. The van der Waals surface area contributed by atoms with Crippen molar-refractivity contribution < 1.29 is 18.8 Å². The number of methoxy groups -OCH3 is 2. The number of benzene rings is 1. The number of carbonyl (C=O) groups excluding carboxylic acids is 1. The third kappa shape index (κ3) is 4.23. The SMILES string of the molecule is COc1ccc(OC)c(C2CCCN2C(=O)CCc2nc(C(C)C)no2)c1. The van der Waals surface area contributed by atoms with Gasteiger partial charge in [-0.25, -0.2) is 0 Å². The van der Waals surface area contributed by atoms with Crippen molar-refractivity contribution >= 4 is 5.91 Å². The lowest BCUT2D eigenvalue weighted by Gasteiger charge is -2.26. The topological polar surface area (TPSA) is 77.7 Å². The Bertz CT molecular complexity index is 787. The Morgan fingerprint density at radius 3 is 2.81 bits per heavy atom. The Labute approximate surface area is 159 Å². The summed E-state index contributed by atoms with van der Waals surface area (Å²) in [5.41, 5.74) is 0.989. The molecule has 1 atom stereocenters. The first kappa shape index (κ1) is 19.2. The molecule has 2 heterocycles. The van der Waals surface area contributed by atoms with Crippen LogP contribution >= 0.6 is 0 Å². The van der Waals surface area contributed by atoms with Crippen molar-refractivity contribution in [3.63, 3.8) is 0 Å². The van der Waals surface area contributed by atoms with Gasteiger partial charge < -0.3 is 18.9 Å². The molecule has 0 spiro atoms. The van der Waals surface area contributed by atoms with Crippen LogP contribution in [-0.4, -0.2) is 41.7 Å². The predicted molar refractivity (Wildman–Crippen MR) is 99.9 cm³/mol. The van der Waals surface area contributed by atoms with Gasteiger partial charge in [-0.05, 0) is 31.0 Å². The number of carbonyl (C=O) groups is 1. The lowest BCUT2D eigenvalue weighted by atomic mass is 10.0. The average Bonchev–Trinajstić information content (AvgIpc) is 3.35. The highest BCUT2D eigenvalue weighted by Gasteiger charge is 2.32. The number of aromatic nitrogens is 2. The van der Waals surface area contributed by atoms with E-state index in [9.17, 15) is 4.79 Å². The van der Waals surface area contributed by atoms with Crippen LogP contribution in [0.5, 0.6) is 11.5 Å². The minimum Gasteiger partial charge on any atom is -0.497 e. The van der Waals surface area contributed by atoms with Gasteiger partial charge in [-0.1, -0.05) is 19.0 Å². The maximum absolute atomic E-state index is 12.9. The summed E-state index contributed by atoms with van der Waals surface area (Å²) in [6, 6.07) is 5.71. The Morgan fingerprint density at radius 1 is 1.33 bits per heavy atom. The molecule has 2 aromatic rings. The molecular weight excluding hydrogens is 346 g/mol. The lowest BCUT2D eigenvalue weighted by Crippen LogP contribution is -2.31. The van der Waals surface area contributed by atoms with E-state index in [0.29, 0.717) is 24.6 Å². The molecule has 7 heteroatoms. The van der Waals surface area contributed by atoms with Gasteiger partial charge in [0.25, 0.3) is 0 Å². The molecule has 7 nitrogen and oxygen atoms in total. The van der Waals surface area contributed by atoms with E-state index in [-0.39, 0.29) is 17.9 Å². The van der Waals surface area contributed by atoms with Crippen LogP contribution in [0.25, 0.3) is 0 Å². The van der Waals surface area contributed by atoms with Crippen molar-refractivity contribution in [2.45, 2.75) is 51.5 Å². The van der Waals surface area contributed by atoms with Crippen molar-refractivity contribution in [1.82, 2.24) is 15.0 Å². The van der Waals surface area contributed by atoms with Gasteiger partial charge in [-0.3, -0.25) is 4.79 Å². The quantitative estimate of drug-likeness (QED) is 0.739. The highest BCUT2D eigenvalue weighted by molar-refractivity contribution is 5.77. The highest BCUT2D eigenvalue weighted by atomic mass is 16.5. The molecule has 0 saturated carbocycles. The smallest absolute Gasteiger partial charge is 0.227 e. The van der Waals surface area contributed by atoms with Gasteiger partial charge in [0.05, 0.1) is 20.3 Å². The van der Waals surface area contributed by atoms with Gasteiger partial charge in [-0.15, -0.1) is 0 Å². The maximum atomic E-state index is 12.9. The van der Waals surface area contributed by atoms with Crippen LogP contribution in [-0.2, 0) is 11.2 Å². The average molecular weight is 373 g/mol. The van der Waals surface area contributed by atoms with Crippen molar-refractivity contribution in [2.75, 3.05) is 20.8 Å². The van der Waals surface area contributed by atoms with Gasteiger partial charge in [0.1, 0.15) is 11.5 Å². The van der Waals surface area contributed by atoms with Crippen LogP contribution in [0.3, 0.4) is 0 Å². The van der Waals surface area contributed by atoms with Gasteiger partial charge in [0, 0.05) is 30.9 Å². The maximum Gasteiger partial charge on any atom is 0.227 e. The van der Waals surface area contributed by atoms with Crippen molar-refractivity contribution in [2.24, 2.45) is 0 Å². The fourth-order valence-electron chi connectivity index (χ4n) is 3.45. The minimum atomic E-state index is -0.00328. The van der Waals surface area contributed by atoms with E-state index in [1.54, 1.807) is 14.2 Å². The largest absolute Gasteiger partial charge is 0.497 e. The van der Waals surface area contributed by atoms with Crippen LogP contribution < -0.4 is 9.47 Å². The molecule has 1 unspecified atom stereocenters. The van der Waals surface area contributed by atoms with Crippen molar-refractivity contribution in [1.29, 1.82) is 0 Å². The van der Waals surface area contributed by atoms with Crippen LogP contribution in [0, 0.1) is 0 Å². The Kier molecular flexibility index (Phi) is 5.98. The molecule has 1 aromatic carbocycles. The molecule has 146 valence electrons. The first-order valence-electron chi connectivity index (χ1n) is 9.37. The normalized spacial score (nSPS) is 16.8. The van der Waals surface area contributed by atoms with Crippen LogP contribution in [0.15, 0.2) is 22.7 Å². The number of likely N-dealkylation sites (tertiary alicyclic amines) is 1. The second kappa shape index (κ2) is 8.41. The number of hydrogen-bond donors (Lipinski definition) is 0. The van der Waals surface area contributed by atoms with Gasteiger partial charge >= 0.3 is 0 Å². The highest BCUT2D eigenvalue weighted by Crippen LogP contribution is 2.39. The van der Waals surface area contributed by atoms with Crippen LogP contribution in [0.1, 0.15) is 62.3 Å². The first-order chi connectivity index (χ1) is 13.0. The Hall–Kier alpha value is -2.57. The predicted octanol–water partition coefficient (Wildman–Crippen LogP) is 3.51.